The van der Waals surface area contributed by atoms with Crippen LogP contribution < -0.4 is 0 Å². The van der Waals surface area contributed by atoms with Gasteiger partial charge in [0.15, 0.2) is 0 Å². The van der Waals surface area contributed by atoms with Crippen molar-refractivity contribution in [3.8, 4) is 16.8 Å². The molecule has 0 aliphatic heterocycles. The van der Waals surface area contributed by atoms with Gasteiger partial charge in [0.25, 0.3) is 0 Å². The summed E-state index contributed by atoms with van der Waals surface area (Å²) in [5.41, 5.74) is 7.52. The van der Waals surface area contributed by atoms with Crippen LogP contribution in [0.1, 0.15) is 38.2 Å². The number of halogens is 2. The van der Waals surface area contributed by atoms with E-state index >= 15 is 0 Å². The Bertz CT molecular complexity index is 1390. The molecule has 1 heterocycles. The number of benzene rings is 4. The number of aryl methyl sites for hydroxylation is 1. The Hall–Kier alpha value is -2.36. The number of unbranched alkanes of at least 4 members (excludes halogenated alkanes) is 3. The molecule has 0 bridgehead atoms. The molecule has 0 radical (unpaired) electrons. The van der Waals surface area contributed by atoms with Gasteiger partial charge >= 0.3 is 0 Å². The zero-order valence-corrected chi connectivity index (χ0v) is 22.0. The molecule has 5 aromatic rings. The lowest BCUT2D eigenvalue weighted by Gasteiger charge is -2.11. The molecule has 166 valence electrons. The largest absolute Gasteiger partial charge is 0.309 e. The zero-order valence-electron chi connectivity index (χ0n) is 18.8. The molecule has 0 saturated carbocycles. The second-order valence-corrected chi connectivity index (χ2v) is 10.6. The van der Waals surface area contributed by atoms with Crippen molar-refractivity contribution in [3.63, 3.8) is 0 Å². The molecule has 0 aliphatic rings. The number of para-hydroxylation sites is 1. The maximum atomic E-state index is 3.64. The van der Waals surface area contributed by atoms with Crippen LogP contribution in [-0.4, -0.2) is 4.57 Å². The number of rotatable bonds is 7. The number of aromatic nitrogens is 1. The molecule has 0 saturated heterocycles. The fourth-order valence-electron chi connectivity index (χ4n) is 4.72. The average molecular weight is 561 g/mol. The molecule has 5 rings (SSSR count). The molecule has 0 aliphatic carbocycles. The maximum absolute atomic E-state index is 3.64. The third-order valence-electron chi connectivity index (χ3n) is 6.38. The van der Waals surface area contributed by atoms with Gasteiger partial charge in [0, 0.05) is 25.4 Å². The monoisotopic (exact) mass is 559 g/mol. The van der Waals surface area contributed by atoms with Crippen molar-refractivity contribution < 1.29 is 0 Å². The van der Waals surface area contributed by atoms with Crippen molar-refractivity contribution in [2.45, 2.75) is 39.0 Å². The summed E-state index contributed by atoms with van der Waals surface area (Å²) < 4.78 is 4.55. The third-order valence-corrected chi connectivity index (χ3v) is 7.30. The van der Waals surface area contributed by atoms with Gasteiger partial charge in [-0.05, 0) is 72.0 Å². The quantitative estimate of drug-likeness (QED) is 0.174. The van der Waals surface area contributed by atoms with Crippen LogP contribution in [0.2, 0.25) is 0 Å². The number of nitrogens with zero attached hydrogens (tertiary/aromatic N) is 1. The van der Waals surface area contributed by atoms with E-state index in [1.807, 2.05) is 0 Å². The summed E-state index contributed by atoms with van der Waals surface area (Å²) in [4.78, 5) is 0. The van der Waals surface area contributed by atoms with E-state index in [0.29, 0.717) is 0 Å². The van der Waals surface area contributed by atoms with E-state index in [4.69, 9.17) is 0 Å². The van der Waals surface area contributed by atoms with Gasteiger partial charge in [0.05, 0.1) is 11.0 Å². The first-order valence-corrected chi connectivity index (χ1v) is 13.3. The van der Waals surface area contributed by atoms with Crippen molar-refractivity contribution in [1.29, 1.82) is 0 Å². The van der Waals surface area contributed by atoms with E-state index < -0.39 is 0 Å². The second-order valence-electron chi connectivity index (χ2n) is 8.72. The predicted molar refractivity (Wildman–Crippen MR) is 149 cm³/mol. The van der Waals surface area contributed by atoms with E-state index in [9.17, 15) is 0 Å². The normalized spacial score (nSPS) is 11.5. The van der Waals surface area contributed by atoms with Gasteiger partial charge in [0.2, 0.25) is 0 Å². The fraction of sp³-hybridized carbons (Fsp3) is 0.200. The van der Waals surface area contributed by atoms with E-state index in [-0.39, 0.29) is 0 Å². The predicted octanol–water partition coefficient (Wildman–Crippen LogP) is 10.1. The van der Waals surface area contributed by atoms with Gasteiger partial charge in [-0.15, -0.1) is 0 Å². The van der Waals surface area contributed by atoms with Crippen LogP contribution in [0.5, 0.6) is 0 Å². The Morgan fingerprint density at radius 3 is 2.12 bits per heavy atom. The summed E-state index contributed by atoms with van der Waals surface area (Å²) in [5, 5.41) is 2.57. The smallest absolute Gasteiger partial charge is 0.0547 e. The molecule has 0 spiro atoms. The Balaban J connectivity index is 1.61. The average Bonchev–Trinajstić information content (AvgIpc) is 3.15. The van der Waals surface area contributed by atoms with Crippen LogP contribution in [0.15, 0.2) is 93.9 Å². The molecular formula is C30H27Br2N. The standard InChI is InChI=1S/C30H27Br2N/c1-2-3-4-5-8-21-11-14-26(15-12-21)33-29-10-7-6-9-27(29)28-16-13-22(19-30(28)33)23-17-24(31)20-25(32)18-23/h6-7,9-20H,2-5,8H2,1H3. The Labute approximate surface area is 212 Å². The molecule has 0 N–H and O–H groups in total. The lowest BCUT2D eigenvalue weighted by Crippen LogP contribution is -1.95. The highest BCUT2D eigenvalue weighted by Crippen LogP contribution is 2.36. The molecule has 33 heavy (non-hydrogen) atoms. The summed E-state index contributed by atoms with van der Waals surface area (Å²) in [6.45, 7) is 2.27. The third kappa shape index (κ3) is 4.67. The highest BCUT2D eigenvalue weighted by atomic mass is 79.9. The van der Waals surface area contributed by atoms with Crippen LogP contribution in [0.3, 0.4) is 0 Å². The van der Waals surface area contributed by atoms with E-state index in [2.05, 4.69) is 128 Å². The maximum Gasteiger partial charge on any atom is 0.0547 e. The van der Waals surface area contributed by atoms with Crippen LogP contribution in [0.4, 0.5) is 0 Å². The van der Waals surface area contributed by atoms with Gasteiger partial charge in [-0.3, -0.25) is 0 Å². The van der Waals surface area contributed by atoms with Gasteiger partial charge < -0.3 is 4.57 Å². The SMILES string of the molecule is CCCCCCc1ccc(-n2c3ccccc3c3ccc(-c4cc(Br)cc(Br)c4)cc32)cc1. The fourth-order valence-corrected chi connectivity index (χ4v) is 6.01. The molecule has 0 amide bonds. The Kier molecular flexibility index (Phi) is 6.71. The van der Waals surface area contributed by atoms with Crippen molar-refractivity contribution in [2.24, 2.45) is 0 Å². The van der Waals surface area contributed by atoms with Gasteiger partial charge in [0.1, 0.15) is 0 Å². The van der Waals surface area contributed by atoms with E-state index in [1.165, 1.54) is 69.9 Å². The molecule has 0 fully saturated rings. The first-order valence-electron chi connectivity index (χ1n) is 11.7. The highest BCUT2D eigenvalue weighted by molar-refractivity contribution is 9.11. The minimum absolute atomic E-state index is 1.07. The molecule has 3 heteroatoms. The molecule has 0 atom stereocenters. The number of hydrogen-bond donors (Lipinski definition) is 0. The van der Waals surface area contributed by atoms with Crippen molar-refractivity contribution in [1.82, 2.24) is 4.57 Å². The van der Waals surface area contributed by atoms with Crippen LogP contribution in [-0.2, 0) is 6.42 Å². The van der Waals surface area contributed by atoms with E-state index in [1.54, 1.807) is 0 Å². The highest BCUT2D eigenvalue weighted by Gasteiger charge is 2.13. The Morgan fingerprint density at radius 2 is 1.36 bits per heavy atom. The first-order chi connectivity index (χ1) is 16.1. The lowest BCUT2D eigenvalue weighted by molar-refractivity contribution is 0.667. The zero-order chi connectivity index (χ0) is 22.8. The van der Waals surface area contributed by atoms with Crippen molar-refractivity contribution in [2.75, 3.05) is 0 Å². The summed E-state index contributed by atoms with van der Waals surface area (Å²) in [6, 6.07) is 31.1. The molecule has 4 aromatic carbocycles. The Morgan fingerprint density at radius 1 is 0.636 bits per heavy atom. The van der Waals surface area contributed by atoms with Crippen LogP contribution in [0.25, 0.3) is 38.6 Å². The van der Waals surface area contributed by atoms with Crippen LogP contribution >= 0.6 is 31.9 Å². The first kappa shape index (κ1) is 22.4. The van der Waals surface area contributed by atoms with Gasteiger partial charge in [-0.1, -0.05) is 101 Å². The topological polar surface area (TPSA) is 4.93 Å². The van der Waals surface area contributed by atoms with Gasteiger partial charge in [-0.2, -0.15) is 0 Å². The number of fused-ring (bicyclic) bond motifs is 3. The molecule has 1 aromatic heterocycles. The van der Waals surface area contributed by atoms with Crippen molar-refractivity contribution >= 4 is 53.7 Å². The summed E-state index contributed by atoms with van der Waals surface area (Å²) in [6.07, 6.45) is 6.37. The minimum atomic E-state index is 1.07. The molecular weight excluding hydrogens is 534 g/mol. The summed E-state index contributed by atoms with van der Waals surface area (Å²) >= 11 is 7.27. The summed E-state index contributed by atoms with van der Waals surface area (Å²) in [5.74, 6) is 0. The second kappa shape index (κ2) is 9.87. The lowest BCUT2D eigenvalue weighted by atomic mass is 10.0. The van der Waals surface area contributed by atoms with Crippen molar-refractivity contribution in [3.05, 3.63) is 99.4 Å². The molecule has 1 nitrogen and oxygen atoms in total. The van der Waals surface area contributed by atoms with Crippen LogP contribution in [0, 0.1) is 0 Å². The summed E-state index contributed by atoms with van der Waals surface area (Å²) in [7, 11) is 0. The minimum Gasteiger partial charge on any atom is -0.309 e. The van der Waals surface area contributed by atoms with Gasteiger partial charge in [-0.25, -0.2) is 0 Å². The molecule has 0 unspecified atom stereocenters. The van der Waals surface area contributed by atoms with E-state index in [0.717, 1.165) is 15.4 Å². The number of hydrogen-bond acceptors (Lipinski definition) is 0.